The minimum Gasteiger partial charge on any atom is -0.264 e. The molecule has 0 radical (unpaired) electrons. The average molecular weight is 207 g/mol. The molecule has 0 saturated heterocycles. The van der Waals surface area contributed by atoms with Gasteiger partial charge in [-0.2, -0.15) is 0 Å². The molecule has 0 N–H and O–H groups in total. The zero-order valence-electron chi connectivity index (χ0n) is 8.54. The molecule has 0 fully saturated rings. The predicted molar refractivity (Wildman–Crippen MR) is 62.8 cm³/mol. The van der Waals surface area contributed by atoms with Gasteiger partial charge >= 0.3 is 0 Å². The molecule has 76 valence electrons. The van der Waals surface area contributed by atoms with Gasteiger partial charge in [-0.3, -0.25) is 9.97 Å². The summed E-state index contributed by atoms with van der Waals surface area (Å²) in [4.78, 5) is 13.0. The Labute approximate surface area is 92.8 Å². The Morgan fingerprint density at radius 2 is 1.69 bits per heavy atom. The maximum absolute atomic E-state index is 4.54. The van der Waals surface area contributed by atoms with Crippen molar-refractivity contribution in [3.05, 3.63) is 55.0 Å². The van der Waals surface area contributed by atoms with E-state index in [1.54, 1.807) is 18.6 Å². The van der Waals surface area contributed by atoms with Gasteiger partial charge in [-0.25, -0.2) is 4.98 Å². The van der Waals surface area contributed by atoms with Crippen molar-refractivity contribution in [2.24, 2.45) is 0 Å². The van der Waals surface area contributed by atoms with Gasteiger partial charge in [0.25, 0.3) is 0 Å². The number of benzene rings is 1. The molecule has 3 nitrogen and oxygen atoms in total. The lowest BCUT2D eigenvalue weighted by Gasteiger charge is -2.01. The van der Waals surface area contributed by atoms with Crippen LogP contribution >= 0.6 is 0 Å². The summed E-state index contributed by atoms with van der Waals surface area (Å²) >= 11 is 0. The second kappa shape index (κ2) is 3.70. The van der Waals surface area contributed by atoms with Crippen LogP contribution in [0.4, 0.5) is 0 Å². The molecule has 1 aromatic carbocycles. The summed E-state index contributed by atoms with van der Waals surface area (Å²) in [6.07, 6.45) is 5.32. The van der Waals surface area contributed by atoms with Crippen LogP contribution in [-0.4, -0.2) is 15.0 Å². The molecule has 0 atom stereocenters. The van der Waals surface area contributed by atoms with E-state index >= 15 is 0 Å². The highest BCUT2D eigenvalue weighted by molar-refractivity contribution is 5.76. The van der Waals surface area contributed by atoms with Gasteiger partial charge in [-0.1, -0.05) is 12.1 Å². The molecule has 3 heteroatoms. The fraction of sp³-hybridized carbons (Fsp3) is 0. The molecule has 3 rings (SSSR count). The highest BCUT2D eigenvalue weighted by atomic mass is 14.8. The van der Waals surface area contributed by atoms with Gasteiger partial charge in [-0.15, -0.1) is 0 Å². The Morgan fingerprint density at radius 1 is 0.812 bits per heavy atom. The molecule has 3 aromatic rings. The highest BCUT2D eigenvalue weighted by Crippen LogP contribution is 2.17. The average Bonchev–Trinajstić information content (AvgIpc) is 2.39. The Balaban J connectivity index is 2.19. The summed E-state index contributed by atoms with van der Waals surface area (Å²) in [6.45, 7) is 0. The van der Waals surface area contributed by atoms with E-state index in [2.05, 4.69) is 15.0 Å². The molecule has 0 bridgehead atoms. The first-order valence-corrected chi connectivity index (χ1v) is 5.06. The van der Waals surface area contributed by atoms with Crippen molar-refractivity contribution in [3.63, 3.8) is 0 Å². The maximum atomic E-state index is 4.54. The van der Waals surface area contributed by atoms with E-state index in [9.17, 15) is 0 Å². The largest absolute Gasteiger partial charge is 0.264 e. The molecular formula is C13H9N3. The number of para-hydroxylation sites is 2. The fourth-order valence-corrected chi connectivity index (χ4v) is 1.61. The summed E-state index contributed by atoms with van der Waals surface area (Å²) in [5, 5.41) is 0. The minimum absolute atomic E-state index is 0.854. The Morgan fingerprint density at radius 3 is 2.50 bits per heavy atom. The zero-order valence-corrected chi connectivity index (χ0v) is 8.54. The quantitative estimate of drug-likeness (QED) is 0.615. The van der Waals surface area contributed by atoms with Crippen molar-refractivity contribution in [1.29, 1.82) is 0 Å². The monoisotopic (exact) mass is 207 g/mol. The van der Waals surface area contributed by atoms with Crippen molar-refractivity contribution in [2.45, 2.75) is 0 Å². The van der Waals surface area contributed by atoms with Gasteiger partial charge in [0.2, 0.25) is 0 Å². The van der Waals surface area contributed by atoms with Gasteiger partial charge in [0.15, 0.2) is 0 Å². The third kappa shape index (κ3) is 1.52. The number of hydrogen-bond donors (Lipinski definition) is 0. The normalized spacial score (nSPS) is 10.5. The first kappa shape index (κ1) is 8.97. The van der Waals surface area contributed by atoms with Crippen molar-refractivity contribution in [3.8, 4) is 11.3 Å². The molecular weight excluding hydrogens is 198 g/mol. The molecule has 0 aliphatic rings. The molecule has 0 aliphatic carbocycles. The summed E-state index contributed by atoms with van der Waals surface area (Å²) < 4.78 is 0. The third-order valence-corrected chi connectivity index (χ3v) is 2.41. The zero-order chi connectivity index (χ0) is 10.8. The van der Waals surface area contributed by atoms with Gasteiger partial charge in [0, 0.05) is 18.0 Å². The van der Waals surface area contributed by atoms with Crippen LogP contribution in [0.5, 0.6) is 0 Å². The van der Waals surface area contributed by atoms with Crippen LogP contribution in [-0.2, 0) is 0 Å². The maximum Gasteiger partial charge on any atom is 0.0908 e. The number of aromatic nitrogens is 3. The van der Waals surface area contributed by atoms with Crippen LogP contribution in [0.25, 0.3) is 22.3 Å². The molecule has 2 heterocycles. The van der Waals surface area contributed by atoms with E-state index in [-0.39, 0.29) is 0 Å². The van der Waals surface area contributed by atoms with Crippen molar-refractivity contribution < 1.29 is 0 Å². The van der Waals surface area contributed by atoms with Crippen molar-refractivity contribution in [2.75, 3.05) is 0 Å². The standard InChI is InChI=1S/C13H9N3/c1-2-6-12-11(5-1)15-9-13(16-12)10-4-3-7-14-8-10/h1-9H. The van der Waals surface area contributed by atoms with E-state index in [0.29, 0.717) is 0 Å². The fourth-order valence-electron chi connectivity index (χ4n) is 1.61. The Kier molecular flexibility index (Phi) is 2.07. The predicted octanol–water partition coefficient (Wildman–Crippen LogP) is 2.69. The van der Waals surface area contributed by atoms with E-state index in [1.165, 1.54) is 0 Å². The number of nitrogens with zero attached hydrogens (tertiary/aromatic N) is 3. The van der Waals surface area contributed by atoms with Gasteiger partial charge in [0.05, 0.1) is 22.9 Å². The van der Waals surface area contributed by atoms with Crippen molar-refractivity contribution >= 4 is 11.0 Å². The highest BCUT2D eigenvalue weighted by Gasteiger charge is 2.01. The van der Waals surface area contributed by atoms with Crippen LogP contribution in [0, 0.1) is 0 Å². The van der Waals surface area contributed by atoms with E-state index in [4.69, 9.17) is 0 Å². The number of pyridine rings is 1. The molecule has 0 saturated carbocycles. The summed E-state index contributed by atoms with van der Waals surface area (Å²) in [5.74, 6) is 0. The summed E-state index contributed by atoms with van der Waals surface area (Å²) in [7, 11) is 0. The van der Waals surface area contributed by atoms with Gasteiger partial charge in [0.1, 0.15) is 0 Å². The molecule has 2 aromatic heterocycles. The molecule has 0 spiro atoms. The van der Waals surface area contributed by atoms with Crippen LogP contribution in [0.1, 0.15) is 0 Å². The second-order valence-electron chi connectivity index (χ2n) is 3.49. The molecule has 0 aliphatic heterocycles. The summed E-state index contributed by atoms with van der Waals surface area (Å²) in [5.41, 5.74) is 3.66. The number of fused-ring (bicyclic) bond motifs is 1. The Bertz CT molecular complexity index is 620. The third-order valence-electron chi connectivity index (χ3n) is 2.41. The SMILES string of the molecule is c1cncc(-c2cnc3ccccc3n2)c1. The second-order valence-corrected chi connectivity index (χ2v) is 3.49. The molecule has 0 unspecified atom stereocenters. The van der Waals surface area contributed by atoms with Gasteiger partial charge < -0.3 is 0 Å². The van der Waals surface area contributed by atoms with E-state index < -0.39 is 0 Å². The molecule has 0 amide bonds. The lowest BCUT2D eigenvalue weighted by atomic mass is 10.2. The van der Waals surface area contributed by atoms with E-state index in [0.717, 1.165) is 22.3 Å². The first-order chi connectivity index (χ1) is 7.93. The smallest absolute Gasteiger partial charge is 0.0908 e. The Hall–Kier alpha value is -2.29. The number of rotatable bonds is 1. The van der Waals surface area contributed by atoms with Crippen LogP contribution < -0.4 is 0 Å². The number of hydrogen-bond acceptors (Lipinski definition) is 3. The lowest BCUT2D eigenvalue weighted by Crippen LogP contribution is -1.88. The topological polar surface area (TPSA) is 38.7 Å². The lowest BCUT2D eigenvalue weighted by molar-refractivity contribution is 1.26. The molecule has 16 heavy (non-hydrogen) atoms. The van der Waals surface area contributed by atoms with E-state index in [1.807, 2.05) is 36.4 Å². The van der Waals surface area contributed by atoms with Crippen molar-refractivity contribution in [1.82, 2.24) is 15.0 Å². The van der Waals surface area contributed by atoms with Crippen LogP contribution in [0.15, 0.2) is 55.0 Å². The minimum atomic E-state index is 0.854. The van der Waals surface area contributed by atoms with Crippen LogP contribution in [0.3, 0.4) is 0 Å². The first-order valence-electron chi connectivity index (χ1n) is 5.06. The summed E-state index contributed by atoms with van der Waals surface area (Å²) in [6, 6.07) is 11.7. The van der Waals surface area contributed by atoms with Gasteiger partial charge in [-0.05, 0) is 24.3 Å². The van der Waals surface area contributed by atoms with Crippen LogP contribution in [0.2, 0.25) is 0 Å².